The fourth-order valence-electron chi connectivity index (χ4n) is 1.68. The summed E-state index contributed by atoms with van der Waals surface area (Å²) in [5.74, 6) is 0. The van der Waals surface area contributed by atoms with Crippen molar-refractivity contribution in [1.29, 1.82) is 0 Å². The summed E-state index contributed by atoms with van der Waals surface area (Å²) in [7, 11) is 0. The summed E-state index contributed by atoms with van der Waals surface area (Å²) in [6, 6.07) is 10.2. The average molecular weight is 234 g/mol. The van der Waals surface area contributed by atoms with E-state index in [1.165, 1.54) is 5.56 Å². The first-order valence-corrected chi connectivity index (χ1v) is 6.32. The molecule has 2 N–H and O–H groups in total. The summed E-state index contributed by atoms with van der Waals surface area (Å²) < 4.78 is 0. The predicted octanol–water partition coefficient (Wildman–Crippen LogP) is 2.70. The lowest BCUT2D eigenvalue weighted by Crippen LogP contribution is -2.03. The van der Waals surface area contributed by atoms with Crippen molar-refractivity contribution in [2.75, 3.05) is 6.61 Å². The molecule has 2 nitrogen and oxygen atoms in total. The van der Waals surface area contributed by atoms with Gasteiger partial charge in [0.15, 0.2) is 0 Å². The summed E-state index contributed by atoms with van der Waals surface area (Å²) in [5.41, 5.74) is 1.26. The highest BCUT2D eigenvalue weighted by Crippen LogP contribution is 2.06. The lowest BCUT2D eigenvalue weighted by atomic mass is 10.1. The van der Waals surface area contributed by atoms with Crippen LogP contribution in [0.3, 0.4) is 0 Å². The van der Waals surface area contributed by atoms with E-state index in [0.29, 0.717) is 0 Å². The molecule has 0 aromatic heterocycles. The van der Waals surface area contributed by atoms with E-state index in [-0.39, 0.29) is 12.7 Å². The Morgan fingerprint density at radius 2 is 1.88 bits per heavy atom. The maximum atomic E-state index is 9.73. The smallest absolute Gasteiger partial charge is 0.0724 e. The Morgan fingerprint density at radius 3 is 2.59 bits per heavy atom. The molecule has 0 saturated heterocycles. The van der Waals surface area contributed by atoms with Gasteiger partial charge in [-0.05, 0) is 37.7 Å². The molecule has 0 aliphatic rings. The van der Waals surface area contributed by atoms with Crippen molar-refractivity contribution in [3.63, 3.8) is 0 Å². The number of rotatable bonds is 8. The molecule has 1 atom stereocenters. The Hall–Kier alpha value is -1.12. The van der Waals surface area contributed by atoms with Crippen molar-refractivity contribution in [2.45, 2.75) is 38.2 Å². The molecule has 0 unspecified atom stereocenters. The third-order valence-corrected chi connectivity index (χ3v) is 2.71. The quantitative estimate of drug-likeness (QED) is 0.536. The summed E-state index contributed by atoms with van der Waals surface area (Å²) in [6.07, 6.45) is 7.94. The highest BCUT2D eigenvalue weighted by molar-refractivity contribution is 5.14. The molecule has 0 heterocycles. The Balaban J connectivity index is 2.14. The second kappa shape index (κ2) is 8.97. The first-order chi connectivity index (χ1) is 8.33. The van der Waals surface area contributed by atoms with E-state index in [2.05, 4.69) is 12.1 Å². The highest BCUT2D eigenvalue weighted by atomic mass is 16.3. The lowest BCUT2D eigenvalue weighted by Gasteiger charge is -2.05. The molecule has 1 rings (SSSR count). The van der Waals surface area contributed by atoms with Gasteiger partial charge in [-0.15, -0.1) is 0 Å². The fraction of sp³-hybridized carbons (Fsp3) is 0.467. The minimum Gasteiger partial charge on any atom is -0.396 e. The van der Waals surface area contributed by atoms with Gasteiger partial charge in [-0.2, -0.15) is 0 Å². The number of allylic oxidation sites excluding steroid dienone is 1. The van der Waals surface area contributed by atoms with Gasteiger partial charge in [0.25, 0.3) is 0 Å². The predicted molar refractivity (Wildman–Crippen MR) is 70.8 cm³/mol. The normalized spacial score (nSPS) is 13.1. The van der Waals surface area contributed by atoms with Gasteiger partial charge in [0.2, 0.25) is 0 Å². The molecule has 2 heteroatoms. The Labute approximate surface area is 104 Å². The van der Waals surface area contributed by atoms with Crippen LogP contribution in [0.1, 0.15) is 31.2 Å². The summed E-state index contributed by atoms with van der Waals surface area (Å²) in [4.78, 5) is 0. The summed E-state index contributed by atoms with van der Waals surface area (Å²) in [6.45, 7) is 0.254. The number of unbranched alkanes of at least 4 members (excludes halogenated alkanes) is 2. The second-order valence-corrected chi connectivity index (χ2v) is 4.24. The van der Waals surface area contributed by atoms with Crippen molar-refractivity contribution in [3.05, 3.63) is 48.0 Å². The Bertz CT molecular complexity index is 306. The van der Waals surface area contributed by atoms with Crippen LogP contribution in [0.5, 0.6) is 0 Å². The number of aliphatic hydroxyl groups excluding tert-OH is 2. The van der Waals surface area contributed by atoms with Gasteiger partial charge in [-0.3, -0.25) is 0 Å². The van der Waals surface area contributed by atoms with Crippen LogP contribution in [0.25, 0.3) is 0 Å². The van der Waals surface area contributed by atoms with Gasteiger partial charge in [-0.1, -0.05) is 42.5 Å². The molecule has 0 saturated carbocycles. The molecule has 1 aromatic carbocycles. The van der Waals surface area contributed by atoms with Gasteiger partial charge in [0.1, 0.15) is 0 Å². The van der Waals surface area contributed by atoms with Gasteiger partial charge in [0.05, 0.1) is 6.10 Å². The molecule has 1 aromatic rings. The molecule has 0 spiro atoms. The summed E-state index contributed by atoms with van der Waals surface area (Å²) >= 11 is 0. The molecule has 0 bridgehead atoms. The lowest BCUT2D eigenvalue weighted by molar-refractivity contribution is 0.212. The van der Waals surface area contributed by atoms with E-state index in [1.807, 2.05) is 30.4 Å². The van der Waals surface area contributed by atoms with Crippen LogP contribution in [-0.2, 0) is 6.42 Å². The van der Waals surface area contributed by atoms with Crippen LogP contribution in [0.4, 0.5) is 0 Å². The van der Waals surface area contributed by atoms with E-state index in [4.69, 9.17) is 5.11 Å². The van der Waals surface area contributed by atoms with Crippen LogP contribution in [0, 0.1) is 0 Å². The topological polar surface area (TPSA) is 40.5 Å². The fourth-order valence-corrected chi connectivity index (χ4v) is 1.68. The molecule has 0 aliphatic heterocycles. The number of aliphatic hydroxyl groups is 2. The monoisotopic (exact) mass is 234 g/mol. The summed E-state index contributed by atoms with van der Waals surface area (Å²) in [5, 5.41) is 18.3. The maximum Gasteiger partial charge on any atom is 0.0724 e. The van der Waals surface area contributed by atoms with E-state index in [0.717, 1.165) is 32.1 Å². The van der Waals surface area contributed by atoms with Gasteiger partial charge in [0, 0.05) is 6.61 Å². The maximum absolute atomic E-state index is 9.73. The zero-order valence-electron chi connectivity index (χ0n) is 10.3. The van der Waals surface area contributed by atoms with Gasteiger partial charge < -0.3 is 10.2 Å². The number of benzene rings is 1. The Kier molecular flexibility index (Phi) is 7.35. The Morgan fingerprint density at radius 1 is 1.12 bits per heavy atom. The van der Waals surface area contributed by atoms with Crippen molar-refractivity contribution in [3.8, 4) is 0 Å². The van der Waals surface area contributed by atoms with Crippen molar-refractivity contribution in [2.24, 2.45) is 0 Å². The molecular formula is C15H22O2. The largest absolute Gasteiger partial charge is 0.396 e. The van der Waals surface area contributed by atoms with Gasteiger partial charge >= 0.3 is 0 Å². The van der Waals surface area contributed by atoms with Crippen LogP contribution >= 0.6 is 0 Å². The first-order valence-electron chi connectivity index (χ1n) is 6.32. The van der Waals surface area contributed by atoms with Crippen molar-refractivity contribution in [1.82, 2.24) is 0 Å². The second-order valence-electron chi connectivity index (χ2n) is 4.24. The van der Waals surface area contributed by atoms with Gasteiger partial charge in [-0.25, -0.2) is 0 Å². The number of hydrogen-bond donors (Lipinski definition) is 2. The van der Waals surface area contributed by atoms with E-state index in [1.54, 1.807) is 0 Å². The molecule has 0 amide bonds. The minimum absolute atomic E-state index is 0.254. The van der Waals surface area contributed by atoms with E-state index >= 15 is 0 Å². The third kappa shape index (κ3) is 6.93. The molecule has 0 radical (unpaired) electrons. The van der Waals surface area contributed by atoms with Crippen LogP contribution in [0.2, 0.25) is 0 Å². The molecule has 94 valence electrons. The third-order valence-electron chi connectivity index (χ3n) is 2.71. The first kappa shape index (κ1) is 13.9. The standard InChI is InChI=1S/C15H22O2/c16-13-7-2-1-6-10-15(17)12-11-14-8-4-3-5-9-14/h3-6,8-10,15-17H,1-2,7,11-13H2/b10-6+/t15-/m0/s1. The zero-order chi connectivity index (χ0) is 12.3. The van der Waals surface area contributed by atoms with Crippen molar-refractivity contribution < 1.29 is 10.2 Å². The van der Waals surface area contributed by atoms with E-state index < -0.39 is 0 Å². The molecule has 0 fully saturated rings. The van der Waals surface area contributed by atoms with Crippen LogP contribution in [0.15, 0.2) is 42.5 Å². The van der Waals surface area contributed by atoms with Crippen LogP contribution in [-0.4, -0.2) is 22.9 Å². The van der Waals surface area contributed by atoms with Crippen molar-refractivity contribution >= 4 is 0 Å². The zero-order valence-corrected chi connectivity index (χ0v) is 10.3. The molecular weight excluding hydrogens is 212 g/mol. The van der Waals surface area contributed by atoms with E-state index in [9.17, 15) is 5.11 Å². The number of hydrogen-bond acceptors (Lipinski definition) is 2. The SMILES string of the molecule is OCCCC/C=C/[C@H](O)CCc1ccccc1. The highest BCUT2D eigenvalue weighted by Gasteiger charge is 1.99. The molecule has 0 aliphatic carbocycles. The number of aryl methyl sites for hydroxylation is 1. The van der Waals surface area contributed by atoms with Crippen LogP contribution < -0.4 is 0 Å². The molecule has 17 heavy (non-hydrogen) atoms. The average Bonchev–Trinajstić information content (AvgIpc) is 2.37. The minimum atomic E-state index is -0.357.